The first-order chi connectivity index (χ1) is 14.7. The highest BCUT2D eigenvalue weighted by Gasteiger charge is 2.26. The zero-order valence-corrected chi connectivity index (χ0v) is 16.8. The monoisotopic (exact) mass is 406 g/mol. The van der Waals surface area contributed by atoms with Crippen LogP contribution in [-0.4, -0.2) is 35.3 Å². The Kier molecular flexibility index (Phi) is 5.17. The van der Waals surface area contributed by atoms with E-state index in [-0.39, 0.29) is 18.6 Å². The molecule has 30 heavy (non-hydrogen) atoms. The lowest BCUT2D eigenvalue weighted by Crippen LogP contribution is -2.36. The number of anilines is 1. The quantitative estimate of drug-likeness (QED) is 0.582. The maximum absolute atomic E-state index is 12.6. The third kappa shape index (κ3) is 4.06. The van der Waals surface area contributed by atoms with Crippen LogP contribution in [0.5, 0.6) is 11.5 Å². The highest BCUT2D eigenvalue weighted by molar-refractivity contribution is 5.79. The Morgan fingerprint density at radius 2 is 1.90 bits per heavy atom. The molecule has 5 rings (SSSR count). The molecule has 2 aromatic carbocycles. The van der Waals surface area contributed by atoms with E-state index in [0.29, 0.717) is 12.6 Å². The summed E-state index contributed by atoms with van der Waals surface area (Å²) >= 11 is 0. The van der Waals surface area contributed by atoms with Crippen LogP contribution in [-0.2, 0) is 11.2 Å². The highest BCUT2D eigenvalue weighted by Crippen LogP contribution is 2.32. The minimum absolute atomic E-state index is 0.0930. The topological polar surface area (TPSA) is 88.3 Å². The summed E-state index contributed by atoms with van der Waals surface area (Å²) in [6.07, 6.45) is 4.52. The number of carbonyl (C=O) groups is 1. The highest BCUT2D eigenvalue weighted by atomic mass is 16.7. The Hall–Kier alpha value is -3.22. The van der Waals surface area contributed by atoms with Crippen LogP contribution in [0, 0.1) is 5.92 Å². The van der Waals surface area contributed by atoms with Crippen LogP contribution in [0.1, 0.15) is 31.2 Å². The number of aromatic amines is 1. The van der Waals surface area contributed by atoms with Gasteiger partial charge in [0.1, 0.15) is 0 Å². The minimum atomic E-state index is 0.0930. The van der Waals surface area contributed by atoms with Crippen LogP contribution in [0.25, 0.3) is 11.0 Å². The number of imidazole rings is 1. The number of amides is 1. The minimum Gasteiger partial charge on any atom is -0.454 e. The number of para-hydroxylation sites is 2. The van der Waals surface area contributed by atoms with Gasteiger partial charge in [-0.25, -0.2) is 4.98 Å². The van der Waals surface area contributed by atoms with E-state index in [0.717, 1.165) is 66.1 Å². The summed E-state index contributed by atoms with van der Waals surface area (Å²) in [4.78, 5) is 20.5. The summed E-state index contributed by atoms with van der Waals surface area (Å²) in [5.74, 6) is 2.64. The van der Waals surface area contributed by atoms with E-state index in [1.165, 1.54) is 0 Å². The van der Waals surface area contributed by atoms with Crippen LogP contribution < -0.4 is 20.1 Å². The van der Waals surface area contributed by atoms with Gasteiger partial charge in [0.25, 0.3) is 0 Å². The van der Waals surface area contributed by atoms with E-state index < -0.39 is 0 Å². The number of hydrogen-bond acceptors (Lipinski definition) is 5. The third-order valence-electron chi connectivity index (χ3n) is 5.98. The number of benzene rings is 2. The average Bonchev–Trinajstić information content (AvgIpc) is 3.40. The Morgan fingerprint density at radius 1 is 1.07 bits per heavy atom. The molecule has 7 nitrogen and oxygen atoms in total. The Bertz CT molecular complexity index is 1010. The Balaban J connectivity index is 1.06. The number of aromatic nitrogens is 2. The lowest BCUT2D eigenvalue weighted by molar-refractivity contribution is -0.125. The molecule has 1 fully saturated rings. The van der Waals surface area contributed by atoms with E-state index in [9.17, 15) is 4.79 Å². The van der Waals surface area contributed by atoms with Crippen molar-refractivity contribution < 1.29 is 14.3 Å². The van der Waals surface area contributed by atoms with Gasteiger partial charge in [-0.05, 0) is 61.9 Å². The van der Waals surface area contributed by atoms with Crippen molar-refractivity contribution in [2.75, 3.05) is 18.7 Å². The van der Waals surface area contributed by atoms with Gasteiger partial charge in [0.05, 0.1) is 11.0 Å². The smallest absolute Gasteiger partial charge is 0.231 e. The second-order valence-electron chi connectivity index (χ2n) is 8.02. The van der Waals surface area contributed by atoms with E-state index in [1.54, 1.807) is 0 Å². The van der Waals surface area contributed by atoms with E-state index in [4.69, 9.17) is 9.47 Å². The van der Waals surface area contributed by atoms with Gasteiger partial charge < -0.3 is 25.1 Å². The van der Waals surface area contributed by atoms with E-state index >= 15 is 0 Å². The fourth-order valence-corrected chi connectivity index (χ4v) is 4.29. The van der Waals surface area contributed by atoms with Gasteiger partial charge in [-0.15, -0.1) is 0 Å². The zero-order valence-electron chi connectivity index (χ0n) is 16.8. The molecule has 156 valence electrons. The Labute approximate surface area is 175 Å². The fourth-order valence-electron chi connectivity index (χ4n) is 4.29. The largest absolute Gasteiger partial charge is 0.454 e. The van der Waals surface area contributed by atoms with Gasteiger partial charge in [0.2, 0.25) is 18.6 Å². The first-order valence-corrected chi connectivity index (χ1v) is 10.6. The third-order valence-corrected chi connectivity index (χ3v) is 5.98. The summed E-state index contributed by atoms with van der Waals surface area (Å²) in [6, 6.07) is 14.3. The van der Waals surface area contributed by atoms with Gasteiger partial charge in [0.15, 0.2) is 11.5 Å². The molecule has 1 saturated carbocycles. The van der Waals surface area contributed by atoms with Crippen LogP contribution in [0.2, 0.25) is 0 Å². The van der Waals surface area contributed by atoms with Gasteiger partial charge >= 0.3 is 0 Å². The fraction of sp³-hybridized carbons (Fsp3) is 0.391. The van der Waals surface area contributed by atoms with Gasteiger partial charge in [-0.2, -0.15) is 0 Å². The number of hydrogen-bond donors (Lipinski definition) is 3. The van der Waals surface area contributed by atoms with Crippen LogP contribution in [0.3, 0.4) is 0 Å². The summed E-state index contributed by atoms with van der Waals surface area (Å²) in [5.41, 5.74) is 3.14. The summed E-state index contributed by atoms with van der Waals surface area (Å²) in [6.45, 7) is 0.916. The summed E-state index contributed by atoms with van der Waals surface area (Å²) in [5, 5.41) is 6.60. The molecule has 2 aliphatic rings. The number of nitrogens with zero attached hydrogens (tertiary/aromatic N) is 1. The second-order valence-corrected chi connectivity index (χ2v) is 8.02. The number of H-pyrrole nitrogens is 1. The molecule has 0 spiro atoms. The normalized spacial score (nSPS) is 20.3. The predicted molar refractivity (Wildman–Crippen MR) is 115 cm³/mol. The molecule has 3 aromatic rings. The number of nitrogens with one attached hydrogen (secondary N) is 3. The molecule has 0 radical (unpaired) electrons. The molecule has 2 heterocycles. The molecular weight excluding hydrogens is 380 g/mol. The van der Waals surface area contributed by atoms with Crippen molar-refractivity contribution in [1.82, 2.24) is 15.3 Å². The van der Waals surface area contributed by atoms with Gasteiger partial charge in [-0.1, -0.05) is 18.2 Å². The summed E-state index contributed by atoms with van der Waals surface area (Å²) in [7, 11) is 0. The van der Waals surface area contributed by atoms with Crippen molar-refractivity contribution in [2.24, 2.45) is 5.92 Å². The second kappa shape index (κ2) is 8.26. The van der Waals surface area contributed by atoms with Crippen molar-refractivity contribution in [2.45, 2.75) is 38.1 Å². The maximum Gasteiger partial charge on any atom is 0.231 e. The van der Waals surface area contributed by atoms with Crippen LogP contribution in [0.4, 0.5) is 5.95 Å². The van der Waals surface area contributed by atoms with Gasteiger partial charge in [-0.3, -0.25) is 4.79 Å². The molecule has 1 amide bonds. The zero-order chi connectivity index (χ0) is 20.3. The van der Waals surface area contributed by atoms with Gasteiger partial charge in [0, 0.05) is 18.5 Å². The molecular formula is C23H26N4O3. The molecule has 1 aromatic heterocycles. The number of rotatable bonds is 6. The van der Waals surface area contributed by atoms with Crippen molar-refractivity contribution in [3.8, 4) is 11.5 Å². The molecule has 1 aliphatic carbocycles. The van der Waals surface area contributed by atoms with E-state index in [2.05, 4.69) is 20.6 Å². The number of ether oxygens (including phenoxy) is 2. The molecule has 0 saturated heterocycles. The molecule has 7 heteroatoms. The number of carbonyl (C=O) groups excluding carboxylic acids is 1. The van der Waals surface area contributed by atoms with Crippen molar-refractivity contribution in [3.05, 3.63) is 48.0 Å². The van der Waals surface area contributed by atoms with Crippen molar-refractivity contribution in [3.63, 3.8) is 0 Å². The Morgan fingerprint density at radius 3 is 2.77 bits per heavy atom. The molecule has 1 aliphatic heterocycles. The number of fused-ring (bicyclic) bond motifs is 2. The molecule has 3 N–H and O–H groups in total. The van der Waals surface area contributed by atoms with E-state index in [1.807, 2.05) is 42.5 Å². The summed E-state index contributed by atoms with van der Waals surface area (Å²) < 4.78 is 10.7. The molecule has 0 unspecified atom stereocenters. The predicted octanol–water partition coefficient (Wildman–Crippen LogP) is 3.62. The van der Waals surface area contributed by atoms with Crippen LogP contribution >= 0.6 is 0 Å². The standard InChI is InChI=1S/C23H26N4O3/c28-22(24-12-11-15-5-10-20-21(13-15)30-14-29-20)16-6-8-17(9-7-16)25-23-26-18-3-1-2-4-19(18)27-23/h1-5,10,13,16-17H,6-9,11-12,14H2,(H,24,28)(H2,25,26,27)/t16-,17-. The molecule has 0 atom stereocenters. The van der Waals surface area contributed by atoms with Crippen molar-refractivity contribution in [1.29, 1.82) is 0 Å². The maximum atomic E-state index is 12.6. The van der Waals surface area contributed by atoms with Crippen molar-refractivity contribution >= 4 is 22.9 Å². The van der Waals surface area contributed by atoms with Crippen LogP contribution in [0.15, 0.2) is 42.5 Å². The lowest BCUT2D eigenvalue weighted by Gasteiger charge is -2.28. The molecule has 0 bridgehead atoms. The first kappa shape index (κ1) is 18.8. The average molecular weight is 406 g/mol. The first-order valence-electron chi connectivity index (χ1n) is 10.6. The SMILES string of the molecule is O=C(NCCc1ccc2c(c1)OCO2)[C@H]1CC[C@H](Nc2nc3ccccc3[nH]2)CC1. The lowest BCUT2D eigenvalue weighted by atomic mass is 9.85.